The molecule has 1 aliphatic carbocycles. The van der Waals surface area contributed by atoms with Gasteiger partial charge in [0, 0.05) is 10.4 Å². The van der Waals surface area contributed by atoms with E-state index in [1.165, 1.54) is 56.1 Å². The number of aryl methyl sites for hydroxylation is 1. The molecule has 1 fully saturated rings. The molecule has 1 aliphatic rings. The zero-order valence-electron chi connectivity index (χ0n) is 13.7. The van der Waals surface area contributed by atoms with Crippen molar-refractivity contribution < 1.29 is 4.74 Å². The van der Waals surface area contributed by atoms with Gasteiger partial charge in [0.05, 0.1) is 7.11 Å². The smallest absolute Gasteiger partial charge is 0.123 e. The van der Waals surface area contributed by atoms with E-state index in [0.29, 0.717) is 4.83 Å². The van der Waals surface area contributed by atoms with Crippen LogP contribution >= 0.6 is 15.9 Å². The maximum Gasteiger partial charge on any atom is 0.123 e. The fraction of sp³-hybridized carbons (Fsp3) is 0.684. The highest BCUT2D eigenvalue weighted by Gasteiger charge is 2.28. The molecule has 0 saturated heterocycles. The second-order valence-electron chi connectivity index (χ2n) is 6.57. The lowest BCUT2D eigenvalue weighted by Gasteiger charge is -2.32. The minimum atomic E-state index is 0.430. The number of hydrogen-bond acceptors (Lipinski definition) is 1. The van der Waals surface area contributed by atoms with Crippen LogP contribution in [0.3, 0.4) is 0 Å². The number of benzene rings is 1. The summed E-state index contributed by atoms with van der Waals surface area (Å²) in [6.45, 7) is 4.45. The molecule has 118 valence electrons. The van der Waals surface area contributed by atoms with Gasteiger partial charge in [-0.25, -0.2) is 0 Å². The minimum absolute atomic E-state index is 0.430. The molecular formula is C19H29BrO. The number of ether oxygens (including phenoxy) is 1. The normalized spacial score (nSPS) is 23.8. The van der Waals surface area contributed by atoms with Gasteiger partial charge >= 0.3 is 0 Å². The lowest BCUT2D eigenvalue weighted by molar-refractivity contribution is 0.256. The van der Waals surface area contributed by atoms with Gasteiger partial charge in [-0.3, -0.25) is 0 Å². The van der Waals surface area contributed by atoms with Crippen molar-refractivity contribution >= 4 is 15.9 Å². The van der Waals surface area contributed by atoms with E-state index in [2.05, 4.69) is 48.0 Å². The van der Waals surface area contributed by atoms with E-state index >= 15 is 0 Å². The summed E-state index contributed by atoms with van der Waals surface area (Å²) in [4.78, 5) is 0.430. The van der Waals surface area contributed by atoms with E-state index in [-0.39, 0.29) is 0 Å². The SMILES string of the molecule is CCCCC1CCC(C(Br)c2cc(C)ccc2OC)CC1. The molecule has 1 nitrogen and oxygen atoms in total. The lowest BCUT2D eigenvalue weighted by Crippen LogP contribution is -2.18. The Hall–Kier alpha value is -0.500. The molecule has 0 N–H and O–H groups in total. The van der Waals surface area contributed by atoms with Crippen LogP contribution in [0.5, 0.6) is 5.75 Å². The van der Waals surface area contributed by atoms with E-state index in [4.69, 9.17) is 4.74 Å². The molecule has 21 heavy (non-hydrogen) atoms. The molecule has 0 spiro atoms. The molecule has 0 bridgehead atoms. The Labute approximate surface area is 138 Å². The molecule has 2 heteroatoms. The van der Waals surface area contributed by atoms with Gasteiger partial charge in [0.1, 0.15) is 5.75 Å². The number of methoxy groups -OCH3 is 1. The second kappa shape index (κ2) is 8.22. The Morgan fingerprint density at radius 2 is 1.95 bits per heavy atom. The van der Waals surface area contributed by atoms with Gasteiger partial charge in [0.15, 0.2) is 0 Å². The second-order valence-corrected chi connectivity index (χ2v) is 7.56. The largest absolute Gasteiger partial charge is 0.496 e. The summed E-state index contributed by atoms with van der Waals surface area (Å²) in [6, 6.07) is 6.51. The van der Waals surface area contributed by atoms with Gasteiger partial charge in [-0.05, 0) is 37.7 Å². The monoisotopic (exact) mass is 352 g/mol. The highest BCUT2D eigenvalue weighted by molar-refractivity contribution is 9.09. The highest BCUT2D eigenvalue weighted by Crippen LogP contribution is 2.45. The first-order chi connectivity index (χ1) is 10.2. The third-order valence-corrected chi connectivity index (χ3v) is 6.19. The standard InChI is InChI=1S/C19H29BrO/c1-4-5-6-15-8-10-16(11-9-15)19(20)17-13-14(2)7-12-18(17)21-3/h7,12-13,15-16,19H,4-6,8-11H2,1-3H3. The van der Waals surface area contributed by atoms with Gasteiger partial charge in [-0.15, -0.1) is 0 Å². The van der Waals surface area contributed by atoms with Crippen molar-refractivity contribution in [1.29, 1.82) is 0 Å². The average Bonchev–Trinajstić information content (AvgIpc) is 2.52. The van der Waals surface area contributed by atoms with Crippen molar-refractivity contribution in [3.05, 3.63) is 29.3 Å². The minimum Gasteiger partial charge on any atom is -0.496 e. The van der Waals surface area contributed by atoms with Gasteiger partial charge < -0.3 is 4.74 Å². The van der Waals surface area contributed by atoms with Crippen molar-refractivity contribution in [3.8, 4) is 5.75 Å². The molecule has 0 heterocycles. The van der Waals surface area contributed by atoms with Crippen molar-refractivity contribution in [1.82, 2.24) is 0 Å². The number of rotatable bonds is 6. The first-order valence-electron chi connectivity index (χ1n) is 8.44. The van der Waals surface area contributed by atoms with Gasteiger partial charge in [-0.2, -0.15) is 0 Å². The topological polar surface area (TPSA) is 9.23 Å². The molecular weight excluding hydrogens is 324 g/mol. The van der Waals surface area contributed by atoms with Crippen LogP contribution in [0.1, 0.15) is 67.8 Å². The molecule has 1 aromatic rings. The number of hydrogen-bond donors (Lipinski definition) is 0. The van der Waals surface area contributed by atoms with E-state index in [0.717, 1.165) is 17.6 Å². The third kappa shape index (κ3) is 4.48. The maximum atomic E-state index is 5.56. The predicted octanol–water partition coefficient (Wildman–Crippen LogP) is 6.44. The van der Waals surface area contributed by atoms with Gasteiger partial charge in [0.25, 0.3) is 0 Å². The summed E-state index contributed by atoms with van der Waals surface area (Å²) < 4.78 is 5.56. The van der Waals surface area contributed by atoms with Gasteiger partial charge in [-0.1, -0.05) is 72.7 Å². The lowest BCUT2D eigenvalue weighted by atomic mass is 9.77. The van der Waals surface area contributed by atoms with E-state index < -0.39 is 0 Å². The quantitative estimate of drug-likeness (QED) is 0.535. The fourth-order valence-electron chi connectivity index (χ4n) is 3.59. The van der Waals surface area contributed by atoms with Crippen molar-refractivity contribution in [3.63, 3.8) is 0 Å². The zero-order chi connectivity index (χ0) is 15.2. The Morgan fingerprint density at radius 1 is 1.24 bits per heavy atom. The number of alkyl halides is 1. The van der Waals surface area contributed by atoms with Crippen LogP contribution < -0.4 is 4.74 Å². The van der Waals surface area contributed by atoms with Crippen LogP contribution in [0.25, 0.3) is 0 Å². The summed E-state index contributed by atoms with van der Waals surface area (Å²) in [5, 5.41) is 0. The van der Waals surface area contributed by atoms with Crippen LogP contribution in [0.15, 0.2) is 18.2 Å². The summed E-state index contributed by atoms with van der Waals surface area (Å²) in [5.41, 5.74) is 2.64. The van der Waals surface area contributed by atoms with Crippen LogP contribution in [0.2, 0.25) is 0 Å². The Kier molecular flexibility index (Phi) is 6.60. The number of halogens is 1. The summed E-state index contributed by atoms with van der Waals surface area (Å²) >= 11 is 3.97. The predicted molar refractivity (Wildman–Crippen MR) is 94.4 cm³/mol. The Bertz CT molecular complexity index is 435. The molecule has 0 radical (unpaired) electrons. The summed E-state index contributed by atoms with van der Waals surface area (Å²) in [5.74, 6) is 2.74. The van der Waals surface area contributed by atoms with Crippen LogP contribution in [-0.4, -0.2) is 7.11 Å². The Balaban J connectivity index is 1.98. The molecule has 0 aromatic heterocycles. The molecule has 1 saturated carbocycles. The zero-order valence-corrected chi connectivity index (χ0v) is 15.3. The summed E-state index contributed by atoms with van der Waals surface area (Å²) in [6.07, 6.45) is 9.68. The molecule has 1 atom stereocenters. The third-order valence-electron chi connectivity index (χ3n) is 4.95. The molecule has 1 unspecified atom stereocenters. The molecule has 1 aromatic carbocycles. The van der Waals surface area contributed by atoms with E-state index in [1.54, 1.807) is 7.11 Å². The van der Waals surface area contributed by atoms with Crippen LogP contribution in [-0.2, 0) is 0 Å². The van der Waals surface area contributed by atoms with Crippen molar-refractivity contribution in [2.24, 2.45) is 11.8 Å². The molecule has 0 amide bonds. The Morgan fingerprint density at radius 3 is 2.57 bits per heavy atom. The van der Waals surface area contributed by atoms with E-state index in [9.17, 15) is 0 Å². The average molecular weight is 353 g/mol. The van der Waals surface area contributed by atoms with Crippen LogP contribution in [0.4, 0.5) is 0 Å². The maximum absolute atomic E-state index is 5.56. The van der Waals surface area contributed by atoms with Crippen molar-refractivity contribution in [2.75, 3.05) is 7.11 Å². The summed E-state index contributed by atoms with van der Waals surface area (Å²) in [7, 11) is 1.77. The fourth-order valence-corrected chi connectivity index (χ4v) is 4.47. The number of unbranched alkanes of at least 4 members (excludes halogenated alkanes) is 1. The molecule has 2 rings (SSSR count). The van der Waals surface area contributed by atoms with Crippen molar-refractivity contribution in [2.45, 2.75) is 63.6 Å². The highest BCUT2D eigenvalue weighted by atomic mass is 79.9. The molecule has 0 aliphatic heterocycles. The van der Waals surface area contributed by atoms with Gasteiger partial charge in [0.2, 0.25) is 0 Å². The van der Waals surface area contributed by atoms with E-state index in [1.807, 2.05) is 0 Å². The van der Waals surface area contributed by atoms with Crippen LogP contribution in [0, 0.1) is 18.8 Å². The first-order valence-corrected chi connectivity index (χ1v) is 9.35. The first kappa shape index (κ1) is 16.9.